The molecule has 2 fully saturated rings. The van der Waals surface area contributed by atoms with Crippen LogP contribution in [0, 0.1) is 11.8 Å². The molecule has 0 spiro atoms. The molecule has 0 bridgehead atoms. The Morgan fingerprint density at radius 2 is 1.49 bits per heavy atom. The highest BCUT2D eigenvalue weighted by Crippen LogP contribution is 2.49. The number of aliphatic hydroxyl groups excluding tert-OH is 1. The fourth-order valence-corrected chi connectivity index (χ4v) is 9.83. The van der Waals surface area contributed by atoms with Crippen molar-refractivity contribution in [3.63, 3.8) is 0 Å². The van der Waals surface area contributed by atoms with Crippen LogP contribution in [0.2, 0.25) is 0 Å². The number of sulfonamides is 1. The average molecular weight is 852 g/mol. The molecule has 4 aromatic rings. The van der Waals surface area contributed by atoms with Gasteiger partial charge in [-0.2, -0.15) is 4.31 Å². The molecule has 3 N–H and O–H groups in total. The van der Waals surface area contributed by atoms with Crippen molar-refractivity contribution >= 4 is 29.4 Å². The van der Waals surface area contributed by atoms with Gasteiger partial charge >= 0.3 is 13.7 Å². The van der Waals surface area contributed by atoms with Crippen molar-refractivity contribution in [1.29, 1.82) is 0 Å². The van der Waals surface area contributed by atoms with Crippen LogP contribution in [0.4, 0.5) is 10.5 Å². The summed E-state index contributed by atoms with van der Waals surface area (Å²) in [6.07, 6.45) is -2.34. The van der Waals surface area contributed by atoms with Gasteiger partial charge in [-0.1, -0.05) is 86.6 Å². The number of anilines is 1. The third kappa shape index (κ3) is 12.6. The highest BCUT2D eigenvalue weighted by atomic mass is 32.2. The largest absolute Gasteiger partial charge is 0.497 e. The van der Waals surface area contributed by atoms with E-state index >= 15 is 0 Å². The van der Waals surface area contributed by atoms with Gasteiger partial charge in [-0.15, -0.1) is 0 Å². The Bertz CT molecular complexity index is 2030. The van der Waals surface area contributed by atoms with Gasteiger partial charge in [-0.05, 0) is 71.8 Å². The van der Waals surface area contributed by atoms with Crippen LogP contribution in [-0.4, -0.2) is 88.2 Å². The van der Waals surface area contributed by atoms with Gasteiger partial charge in [0.05, 0.1) is 56.5 Å². The molecular formula is C43H54N3O11PS. The number of rotatable bonds is 21. The molecule has 4 aromatic carbocycles. The minimum atomic E-state index is -4.05. The van der Waals surface area contributed by atoms with Crippen molar-refractivity contribution in [3.8, 4) is 5.75 Å². The lowest BCUT2D eigenvalue weighted by Crippen LogP contribution is -2.51. The number of nitrogens with one attached hydrogen (secondary N) is 2. The predicted octanol–water partition coefficient (Wildman–Crippen LogP) is 6.80. The molecule has 2 aliphatic heterocycles. The standard InChI is InChI=1S/C43H54N3O11PS/c1-31(2)25-46(59(50,51)37-20-18-36(52-3)19-21-37)26-40(47)39(45-43(48)57-41-29-54-42-38(41)22-23-53-42)24-32-14-16-35(17-15-32)44-30-58(49,55-27-33-10-6-4-7-11-33)56-28-34-12-8-5-9-13-34/h4-21,31,38-42,44,47H,22-30H2,1-3H3,(H,45,48)/t38-,39-,40+,41-,42+/m0/s1. The maximum atomic E-state index is 14.0. The van der Waals surface area contributed by atoms with Crippen LogP contribution in [0.15, 0.2) is 114 Å². The highest BCUT2D eigenvalue weighted by Gasteiger charge is 2.44. The van der Waals surface area contributed by atoms with E-state index in [1.807, 2.05) is 74.5 Å². The topological polar surface area (TPSA) is 171 Å². The number of benzene rings is 4. The van der Waals surface area contributed by atoms with Crippen LogP contribution in [0.25, 0.3) is 0 Å². The Morgan fingerprint density at radius 3 is 2.08 bits per heavy atom. The molecule has 59 heavy (non-hydrogen) atoms. The molecule has 6 rings (SSSR count). The number of ether oxygens (including phenoxy) is 4. The van der Waals surface area contributed by atoms with E-state index in [2.05, 4.69) is 10.6 Å². The monoisotopic (exact) mass is 851 g/mol. The smallest absolute Gasteiger partial charge is 0.407 e. The van der Waals surface area contributed by atoms with Crippen molar-refractivity contribution in [3.05, 3.63) is 126 Å². The van der Waals surface area contributed by atoms with Gasteiger partial charge in [0.25, 0.3) is 0 Å². The minimum absolute atomic E-state index is 0.0493. The van der Waals surface area contributed by atoms with Gasteiger partial charge in [-0.3, -0.25) is 4.57 Å². The number of hydrogen-bond donors (Lipinski definition) is 3. The second-order valence-electron chi connectivity index (χ2n) is 15.0. The quantitative estimate of drug-likeness (QED) is 0.0751. The van der Waals surface area contributed by atoms with Gasteiger partial charge in [0.1, 0.15) is 18.1 Å². The molecule has 2 saturated heterocycles. The summed E-state index contributed by atoms with van der Waals surface area (Å²) in [6, 6.07) is 31.1. The number of carbonyl (C=O) groups is 1. The lowest BCUT2D eigenvalue weighted by atomic mass is 10.0. The van der Waals surface area contributed by atoms with Crippen molar-refractivity contribution in [2.75, 3.05) is 45.0 Å². The number of nitrogens with zero attached hydrogens (tertiary/aromatic N) is 1. The maximum absolute atomic E-state index is 14.0. The lowest BCUT2D eigenvalue weighted by molar-refractivity contribution is -0.0907. The van der Waals surface area contributed by atoms with E-state index in [4.69, 9.17) is 28.0 Å². The molecule has 2 aliphatic rings. The molecular weight excluding hydrogens is 798 g/mol. The summed E-state index contributed by atoms with van der Waals surface area (Å²) in [5.74, 6) is 0.342. The fraction of sp³-hybridized carbons (Fsp3) is 0.419. The summed E-state index contributed by atoms with van der Waals surface area (Å²) in [7, 11) is -6.20. The van der Waals surface area contributed by atoms with Crippen LogP contribution >= 0.6 is 7.60 Å². The molecule has 0 saturated carbocycles. The molecule has 0 unspecified atom stereocenters. The third-order valence-corrected chi connectivity index (χ3v) is 13.5. The third-order valence-electron chi connectivity index (χ3n) is 10.1. The summed E-state index contributed by atoms with van der Waals surface area (Å²) < 4.78 is 77.1. The first-order valence-corrected chi connectivity index (χ1v) is 22.9. The van der Waals surface area contributed by atoms with Crippen molar-refractivity contribution < 1.29 is 50.9 Å². The average Bonchev–Trinajstić information content (AvgIpc) is 3.87. The molecule has 5 atom stereocenters. The Balaban J connectivity index is 1.16. The highest BCUT2D eigenvalue weighted by molar-refractivity contribution is 7.89. The summed E-state index contributed by atoms with van der Waals surface area (Å²) in [4.78, 5) is 13.5. The maximum Gasteiger partial charge on any atom is 0.407 e. The molecule has 0 aromatic heterocycles. The lowest BCUT2D eigenvalue weighted by Gasteiger charge is -2.31. The molecule has 16 heteroatoms. The van der Waals surface area contributed by atoms with Gasteiger partial charge in [-0.25, -0.2) is 13.2 Å². The van der Waals surface area contributed by atoms with E-state index in [-0.39, 0.29) is 62.3 Å². The molecule has 2 heterocycles. The van der Waals surface area contributed by atoms with Crippen LogP contribution in [0.3, 0.4) is 0 Å². The Kier molecular flexibility index (Phi) is 15.6. The number of fused-ring (bicyclic) bond motifs is 1. The number of methoxy groups -OCH3 is 1. The Labute approximate surface area is 346 Å². The van der Waals surface area contributed by atoms with Gasteiger partial charge in [0, 0.05) is 18.8 Å². The zero-order chi connectivity index (χ0) is 41.8. The van der Waals surface area contributed by atoms with E-state index in [1.165, 1.54) is 23.5 Å². The molecule has 1 amide bonds. The summed E-state index contributed by atoms with van der Waals surface area (Å²) in [6.45, 7) is 4.50. The van der Waals surface area contributed by atoms with Crippen LogP contribution < -0.4 is 15.4 Å². The van der Waals surface area contributed by atoms with Gasteiger partial charge < -0.3 is 43.7 Å². The Morgan fingerprint density at radius 1 is 0.864 bits per heavy atom. The summed E-state index contributed by atoms with van der Waals surface area (Å²) in [5, 5.41) is 17.8. The number of amides is 1. The summed E-state index contributed by atoms with van der Waals surface area (Å²) >= 11 is 0. The van der Waals surface area contributed by atoms with E-state index in [9.17, 15) is 22.9 Å². The minimum Gasteiger partial charge on any atom is -0.497 e. The SMILES string of the molecule is COc1ccc(S(=O)(=O)N(CC(C)C)C[C@@H](O)[C@H](Cc2ccc(NCP(=O)(OCc3ccccc3)OCc3ccccc3)cc2)NC(=O)O[C@H]2CO[C@H]3OCC[C@H]32)cc1. The van der Waals surface area contributed by atoms with Crippen LogP contribution in [0.1, 0.15) is 37.0 Å². The first kappa shape index (κ1) is 44.2. The second kappa shape index (κ2) is 20.8. The summed E-state index contributed by atoms with van der Waals surface area (Å²) in [5.41, 5.74) is 3.07. The van der Waals surface area contributed by atoms with Crippen LogP contribution in [0.5, 0.6) is 5.75 Å². The fourth-order valence-electron chi connectivity index (χ4n) is 6.89. The first-order valence-electron chi connectivity index (χ1n) is 19.7. The predicted molar refractivity (Wildman–Crippen MR) is 222 cm³/mol. The van der Waals surface area contributed by atoms with E-state index in [1.54, 1.807) is 36.4 Å². The van der Waals surface area contributed by atoms with E-state index in [0.717, 1.165) is 16.7 Å². The van der Waals surface area contributed by atoms with Crippen molar-refractivity contribution in [2.24, 2.45) is 11.8 Å². The zero-order valence-corrected chi connectivity index (χ0v) is 35.3. The number of alkyl carbamates (subject to hydrolysis) is 1. The molecule has 0 radical (unpaired) electrons. The molecule has 318 valence electrons. The number of aliphatic hydroxyl groups is 1. The second-order valence-corrected chi connectivity index (χ2v) is 19.0. The normalized spacial score (nSPS) is 19.0. The van der Waals surface area contributed by atoms with Crippen molar-refractivity contribution in [1.82, 2.24) is 9.62 Å². The number of carbonyl (C=O) groups excluding carboxylic acids is 1. The number of hydrogen-bond acceptors (Lipinski definition) is 12. The first-order chi connectivity index (χ1) is 28.4. The van der Waals surface area contributed by atoms with Crippen LogP contribution in [-0.2, 0) is 57.5 Å². The zero-order valence-electron chi connectivity index (χ0n) is 33.6. The van der Waals surface area contributed by atoms with E-state index in [0.29, 0.717) is 24.5 Å². The molecule has 0 aliphatic carbocycles. The molecule has 14 nitrogen and oxygen atoms in total. The van der Waals surface area contributed by atoms with E-state index < -0.39 is 48.3 Å². The Hall–Kier alpha value is -4.31. The van der Waals surface area contributed by atoms with Gasteiger partial charge in [0.15, 0.2) is 6.29 Å². The van der Waals surface area contributed by atoms with Gasteiger partial charge in [0.2, 0.25) is 10.0 Å². The van der Waals surface area contributed by atoms with Crippen molar-refractivity contribution in [2.45, 2.75) is 69.3 Å².